The van der Waals surface area contributed by atoms with Gasteiger partial charge in [0.05, 0.1) is 5.56 Å². The molecule has 0 unspecified atom stereocenters. The molecule has 1 rings (SSSR count). The molecule has 0 N–H and O–H groups in total. The van der Waals surface area contributed by atoms with Crippen molar-refractivity contribution in [2.24, 2.45) is 0 Å². The van der Waals surface area contributed by atoms with Crippen LogP contribution in [0.15, 0.2) is 18.2 Å². The third-order valence-corrected chi connectivity index (χ3v) is 1.57. The summed E-state index contributed by atoms with van der Waals surface area (Å²) >= 11 is 0. The van der Waals surface area contributed by atoms with Gasteiger partial charge in [-0.2, -0.15) is 0 Å². The quantitative estimate of drug-likeness (QED) is 0.589. The van der Waals surface area contributed by atoms with Crippen LogP contribution in [0.25, 0.3) is 0 Å². The van der Waals surface area contributed by atoms with Crippen LogP contribution in [0, 0.1) is 12.7 Å². The van der Waals surface area contributed by atoms with Gasteiger partial charge in [0.1, 0.15) is 5.82 Å². The summed E-state index contributed by atoms with van der Waals surface area (Å²) in [5.74, 6) is -0.633. The number of hydrogen-bond acceptors (Lipinski definition) is 1. The van der Waals surface area contributed by atoms with Gasteiger partial charge < -0.3 is 0 Å². The van der Waals surface area contributed by atoms with E-state index in [0.29, 0.717) is 5.56 Å². The van der Waals surface area contributed by atoms with Crippen LogP contribution in [-0.4, -0.2) is 5.78 Å². The molecule has 66 valence electrons. The maximum absolute atomic E-state index is 13.0. The Hall–Kier alpha value is -1.18. The molecule has 2 heteroatoms. The van der Waals surface area contributed by atoms with Crippen molar-refractivity contribution in [2.45, 2.75) is 21.3 Å². The number of carbonyl (C=O) groups is 1. The standard InChI is InChI=1S/C9H9FO.CH4/c1-6-4-3-5-8(7(2)11)9(6)10;/h3-5H,1-2H3;1H4. The van der Waals surface area contributed by atoms with E-state index in [4.69, 9.17) is 0 Å². The molecule has 12 heavy (non-hydrogen) atoms. The number of benzene rings is 1. The first kappa shape index (κ1) is 10.8. The van der Waals surface area contributed by atoms with Crippen molar-refractivity contribution in [3.05, 3.63) is 35.1 Å². The van der Waals surface area contributed by atoms with E-state index in [1.165, 1.54) is 13.0 Å². The van der Waals surface area contributed by atoms with Crippen LogP contribution in [0.2, 0.25) is 0 Å². The van der Waals surface area contributed by atoms with Gasteiger partial charge in [-0.25, -0.2) is 4.39 Å². The molecule has 0 fully saturated rings. The molecule has 1 aromatic carbocycles. The van der Waals surface area contributed by atoms with Crippen molar-refractivity contribution in [1.29, 1.82) is 0 Å². The Morgan fingerprint density at radius 3 is 2.42 bits per heavy atom. The van der Waals surface area contributed by atoms with Crippen LogP contribution in [0.5, 0.6) is 0 Å². The zero-order chi connectivity index (χ0) is 8.43. The lowest BCUT2D eigenvalue weighted by molar-refractivity contribution is 0.101. The molecular weight excluding hydrogens is 155 g/mol. The van der Waals surface area contributed by atoms with Crippen molar-refractivity contribution in [3.63, 3.8) is 0 Å². The first-order valence-corrected chi connectivity index (χ1v) is 3.39. The minimum Gasteiger partial charge on any atom is -0.294 e. The summed E-state index contributed by atoms with van der Waals surface area (Å²) in [5.41, 5.74) is 0.683. The molecule has 0 heterocycles. The van der Waals surface area contributed by atoms with Crippen molar-refractivity contribution < 1.29 is 9.18 Å². The normalized spacial score (nSPS) is 8.92. The summed E-state index contributed by atoms with van der Waals surface area (Å²) in [5, 5.41) is 0. The highest BCUT2D eigenvalue weighted by Crippen LogP contribution is 2.11. The van der Waals surface area contributed by atoms with Gasteiger partial charge in [0.2, 0.25) is 0 Å². The second-order valence-corrected chi connectivity index (χ2v) is 2.49. The lowest BCUT2D eigenvalue weighted by atomic mass is 10.1. The van der Waals surface area contributed by atoms with Gasteiger partial charge in [-0.15, -0.1) is 0 Å². The van der Waals surface area contributed by atoms with Crippen molar-refractivity contribution in [1.82, 2.24) is 0 Å². The summed E-state index contributed by atoms with van der Waals surface area (Å²) in [6, 6.07) is 4.81. The maximum atomic E-state index is 13.0. The zero-order valence-corrected chi connectivity index (χ0v) is 6.52. The highest BCUT2D eigenvalue weighted by molar-refractivity contribution is 5.94. The molecule has 0 saturated heterocycles. The van der Waals surface area contributed by atoms with Gasteiger partial charge in [0.25, 0.3) is 0 Å². The SMILES string of the molecule is C.CC(=O)c1cccc(C)c1F. The molecule has 0 radical (unpaired) electrons. The fourth-order valence-corrected chi connectivity index (χ4v) is 0.919. The molecule has 0 bridgehead atoms. The first-order chi connectivity index (χ1) is 5.13. The molecule has 0 aliphatic heterocycles. The fraction of sp³-hybridized carbons (Fsp3) is 0.300. The lowest BCUT2D eigenvalue weighted by Gasteiger charge is -1.99. The average molecular weight is 168 g/mol. The van der Waals surface area contributed by atoms with Gasteiger partial charge in [0.15, 0.2) is 5.78 Å². The number of ketones is 1. The van der Waals surface area contributed by atoms with Crippen LogP contribution in [0.4, 0.5) is 4.39 Å². The molecular formula is C10H13FO. The summed E-state index contributed by atoms with van der Waals surface area (Å²) in [6.07, 6.45) is 0. The monoisotopic (exact) mass is 168 g/mol. The van der Waals surface area contributed by atoms with Gasteiger partial charge in [-0.1, -0.05) is 19.6 Å². The molecule has 0 amide bonds. The minimum absolute atomic E-state index is 0. The van der Waals surface area contributed by atoms with Crippen molar-refractivity contribution >= 4 is 5.78 Å². The Morgan fingerprint density at radius 1 is 1.42 bits per heavy atom. The number of Topliss-reactive ketones (excluding diaryl/α,β-unsaturated/α-hetero) is 1. The number of aryl methyl sites for hydroxylation is 1. The van der Waals surface area contributed by atoms with Crippen LogP contribution < -0.4 is 0 Å². The van der Waals surface area contributed by atoms with Gasteiger partial charge >= 0.3 is 0 Å². The number of rotatable bonds is 1. The summed E-state index contributed by atoms with van der Waals surface area (Å²) in [7, 11) is 0. The minimum atomic E-state index is -0.403. The van der Waals surface area contributed by atoms with Gasteiger partial charge in [-0.3, -0.25) is 4.79 Å². The first-order valence-electron chi connectivity index (χ1n) is 3.39. The average Bonchev–Trinajstić information content (AvgIpc) is 1.94. The highest BCUT2D eigenvalue weighted by atomic mass is 19.1. The van der Waals surface area contributed by atoms with E-state index in [9.17, 15) is 9.18 Å². The Balaban J connectivity index is 0.00000121. The Morgan fingerprint density at radius 2 is 2.00 bits per heavy atom. The number of hydrogen-bond donors (Lipinski definition) is 0. The van der Waals surface area contributed by atoms with E-state index in [2.05, 4.69) is 0 Å². The Kier molecular flexibility index (Phi) is 3.61. The molecule has 0 aliphatic rings. The van der Waals surface area contributed by atoms with Crippen molar-refractivity contribution in [3.8, 4) is 0 Å². The largest absolute Gasteiger partial charge is 0.294 e. The molecule has 0 spiro atoms. The number of carbonyl (C=O) groups excluding carboxylic acids is 1. The van der Waals surface area contributed by atoms with E-state index in [-0.39, 0.29) is 18.8 Å². The van der Waals surface area contributed by atoms with E-state index in [0.717, 1.165) is 0 Å². The van der Waals surface area contributed by atoms with E-state index < -0.39 is 5.82 Å². The summed E-state index contributed by atoms with van der Waals surface area (Å²) < 4.78 is 13.0. The maximum Gasteiger partial charge on any atom is 0.162 e. The van der Waals surface area contributed by atoms with Gasteiger partial charge in [0, 0.05) is 0 Å². The predicted octanol–water partition coefficient (Wildman–Crippen LogP) is 2.97. The van der Waals surface area contributed by atoms with Crippen LogP contribution in [-0.2, 0) is 0 Å². The van der Waals surface area contributed by atoms with Crippen LogP contribution in [0.3, 0.4) is 0 Å². The Bertz CT molecular complexity index is 292. The zero-order valence-electron chi connectivity index (χ0n) is 6.52. The molecule has 0 atom stereocenters. The van der Waals surface area contributed by atoms with Crippen molar-refractivity contribution in [2.75, 3.05) is 0 Å². The number of halogens is 1. The third-order valence-electron chi connectivity index (χ3n) is 1.57. The molecule has 1 nitrogen and oxygen atoms in total. The lowest BCUT2D eigenvalue weighted by Crippen LogP contribution is -1.98. The topological polar surface area (TPSA) is 17.1 Å². The summed E-state index contributed by atoms with van der Waals surface area (Å²) in [4.78, 5) is 10.8. The predicted molar refractivity (Wildman–Crippen MR) is 47.9 cm³/mol. The second-order valence-electron chi connectivity index (χ2n) is 2.49. The van der Waals surface area contributed by atoms with E-state index in [1.54, 1.807) is 19.1 Å². The molecule has 0 aliphatic carbocycles. The highest BCUT2D eigenvalue weighted by Gasteiger charge is 2.07. The summed E-state index contributed by atoms with van der Waals surface area (Å²) in [6.45, 7) is 3.00. The van der Waals surface area contributed by atoms with Gasteiger partial charge in [-0.05, 0) is 25.5 Å². The third kappa shape index (κ3) is 1.91. The smallest absolute Gasteiger partial charge is 0.162 e. The fourth-order valence-electron chi connectivity index (χ4n) is 0.919. The van der Waals surface area contributed by atoms with Crippen LogP contribution in [0.1, 0.15) is 30.3 Å². The molecule has 1 aromatic rings. The Labute approximate surface area is 72.2 Å². The second kappa shape index (κ2) is 4.00. The van der Waals surface area contributed by atoms with Crippen LogP contribution >= 0.6 is 0 Å². The van der Waals surface area contributed by atoms with E-state index in [1.807, 2.05) is 0 Å². The van der Waals surface area contributed by atoms with E-state index >= 15 is 0 Å². The molecule has 0 aromatic heterocycles. The molecule has 0 saturated carbocycles.